The van der Waals surface area contributed by atoms with Crippen LogP contribution in [0.25, 0.3) is 10.8 Å². The van der Waals surface area contributed by atoms with Crippen molar-refractivity contribution in [3.63, 3.8) is 0 Å². The minimum absolute atomic E-state index is 0.109. The third-order valence-corrected chi connectivity index (χ3v) is 5.03. The first-order valence-corrected chi connectivity index (χ1v) is 10.5. The quantitative estimate of drug-likeness (QED) is 0.271. The summed E-state index contributed by atoms with van der Waals surface area (Å²) in [5.41, 5.74) is 8.14. The maximum atomic E-state index is 12.8. The zero-order chi connectivity index (χ0) is 24.9. The molecule has 11 nitrogen and oxygen atoms in total. The van der Waals surface area contributed by atoms with Gasteiger partial charge in [0.05, 0.1) is 0 Å². The number of nitrogens with two attached hydrogens (primary N) is 1. The molecule has 1 aromatic heterocycles. The molecule has 3 aromatic carbocycles. The second kappa shape index (κ2) is 9.75. The highest BCUT2D eigenvalue weighted by Crippen LogP contribution is 2.26. The fraction of sp³-hybridized carbons (Fsp3) is 0.0417. The standard InChI is InChI=1S/C24H22N8O3/c1-3-20(33)29-19-6-4-5-15-13-17(11-12-18(15)19)28-24(35)32-22(25)30-23(31-32)27-16-9-7-14(8-10-16)21(34)26-2/h3-13H,1H2,2H3,(H,26,34)(H,28,35)(H,29,33)(H3,25,27,30,31). The fourth-order valence-corrected chi connectivity index (χ4v) is 3.34. The van der Waals surface area contributed by atoms with Gasteiger partial charge in [-0.3, -0.25) is 9.59 Å². The molecule has 0 spiro atoms. The van der Waals surface area contributed by atoms with E-state index in [9.17, 15) is 14.4 Å². The van der Waals surface area contributed by atoms with Crippen LogP contribution < -0.4 is 27.0 Å². The molecule has 0 radical (unpaired) electrons. The van der Waals surface area contributed by atoms with Crippen LogP contribution in [0.5, 0.6) is 0 Å². The van der Waals surface area contributed by atoms with Gasteiger partial charge in [0.15, 0.2) is 0 Å². The minimum atomic E-state index is -0.603. The van der Waals surface area contributed by atoms with Gasteiger partial charge < -0.3 is 27.0 Å². The van der Waals surface area contributed by atoms with Crippen LogP contribution in [0.3, 0.4) is 0 Å². The number of hydrogen-bond acceptors (Lipinski definition) is 7. The highest BCUT2D eigenvalue weighted by atomic mass is 16.2. The van der Waals surface area contributed by atoms with Gasteiger partial charge in [-0.15, -0.1) is 9.78 Å². The van der Waals surface area contributed by atoms with Gasteiger partial charge in [-0.05, 0) is 53.9 Å². The molecule has 0 aliphatic rings. The lowest BCUT2D eigenvalue weighted by molar-refractivity contribution is -0.111. The number of nitrogens with one attached hydrogen (secondary N) is 4. The van der Waals surface area contributed by atoms with Gasteiger partial charge in [-0.25, -0.2) is 4.79 Å². The van der Waals surface area contributed by atoms with Crippen LogP contribution in [0.4, 0.5) is 33.8 Å². The molecular formula is C24H22N8O3. The van der Waals surface area contributed by atoms with Crippen molar-refractivity contribution in [3.05, 3.63) is 78.9 Å². The van der Waals surface area contributed by atoms with Crippen LogP contribution >= 0.6 is 0 Å². The predicted molar refractivity (Wildman–Crippen MR) is 135 cm³/mol. The first-order valence-electron chi connectivity index (χ1n) is 10.5. The van der Waals surface area contributed by atoms with Gasteiger partial charge in [0, 0.05) is 35.1 Å². The molecule has 176 valence electrons. The van der Waals surface area contributed by atoms with Crippen molar-refractivity contribution < 1.29 is 14.4 Å². The van der Waals surface area contributed by atoms with E-state index in [0.717, 1.165) is 15.5 Å². The van der Waals surface area contributed by atoms with Crippen molar-refractivity contribution in [2.45, 2.75) is 0 Å². The van der Waals surface area contributed by atoms with Gasteiger partial charge >= 0.3 is 6.03 Å². The third kappa shape index (κ3) is 5.09. The van der Waals surface area contributed by atoms with Gasteiger partial charge in [-0.1, -0.05) is 24.8 Å². The van der Waals surface area contributed by atoms with Crippen LogP contribution in [-0.2, 0) is 4.79 Å². The fourth-order valence-electron chi connectivity index (χ4n) is 3.34. The van der Waals surface area contributed by atoms with Crippen molar-refractivity contribution in [2.75, 3.05) is 28.7 Å². The SMILES string of the molecule is C=CC(=O)Nc1cccc2cc(NC(=O)n3nc(Nc4ccc(C(=O)NC)cc4)nc3N)ccc12. The van der Waals surface area contributed by atoms with Gasteiger partial charge in [0.2, 0.25) is 17.8 Å². The molecule has 0 atom stereocenters. The molecular weight excluding hydrogens is 448 g/mol. The number of amides is 3. The molecule has 0 saturated heterocycles. The summed E-state index contributed by atoms with van der Waals surface area (Å²) < 4.78 is 0.937. The molecule has 0 aliphatic carbocycles. The topological polar surface area (TPSA) is 156 Å². The number of hydrogen-bond donors (Lipinski definition) is 5. The Morgan fingerprint density at radius 1 is 1.00 bits per heavy atom. The van der Waals surface area contributed by atoms with E-state index in [4.69, 9.17) is 5.73 Å². The highest BCUT2D eigenvalue weighted by Gasteiger charge is 2.15. The Bertz CT molecular complexity index is 1440. The van der Waals surface area contributed by atoms with E-state index in [-0.39, 0.29) is 23.7 Å². The predicted octanol–water partition coefficient (Wildman–Crippen LogP) is 3.32. The molecule has 6 N–H and O–H groups in total. The Balaban J connectivity index is 1.49. The van der Waals surface area contributed by atoms with Gasteiger partial charge in [-0.2, -0.15) is 4.98 Å². The van der Waals surface area contributed by atoms with Crippen LogP contribution in [0, 0.1) is 0 Å². The Kier molecular flexibility index (Phi) is 6.40. The first kappa shape index (κ1) is 23.0. The minimum Gasteiger partial charge on any atom is -0.368 e. The Morgan fingerprint density at radius 3 is 2.46 bits per heavy atom. The lowest BCUT2D eigenvalue weighted by Crippen LogP contribution is -2.22. The van der Waals surface area contributed by atoms with Crippen LogP contribution in [0.15, 0.2) is 73.3 Å². The maximum Gasteiger partial charge on any atom is 0.349 e. The monoisotopic (exact) mass is 470 g/mol. The molecule has 1 heterocycles. The number of nitrogens with zero attached hydrogens (tertiary/aromatic N) is 3. The molecule has 35 heavy (non-hydrogen) atoms. The van der Waals surface area contributed by atoms with E-state index < -0.39 is 6.03 Å². The van der Waals surface area contributed by atoms with Crippen molar-refractivity contribution >= 4 is 57.6 Å². The summed E-state index contributed by atoms with van der Waals surface area (Å²) in [7, 11) is 1.55. The normalized spacial score (nSPS) is 10.4. The van der Waals surface area contributed by atoms with E-state index in [0.29, 0.717) is 22.6 Å². The lowest BCUT2D eigenvalue weighted by Gasteiger charge is -2.10. The second-order valence-electron chi connectivity index (χ2n) is 7.35. The zero-order valence-electron chi connectivity index (χ0n) is 18.7. The van der Waals surface area contributed by atoms with Crippen LogP contribution in [0.2, 0.25) is 0 Å². The summed E-state index contributed by atoms with van der Waals surface area (Å²) in [6, 6.07) is 16.7. The summed E-state index contributed by atoms with van der Waals surface area (Å²) in [5.74, 6) is -0.511. The summed E-state index contributed by atoms with van der Waals surface area (Å²) in [6.07, 6.45) is 1.19. The maximum absolute atomic E-state index is 12.8. The number of anilines is 5. The Morgan fingerprint density at radius 2 is 1.74 bits per heavy atom. The van der Waals surface area contributed by atoms with E-state index in [1.807, 2.05) is 6.07 Å². The number of benzene rings is 3. The highest BCUT2D eigenvalue weighted by molar-refractivity contribution is 6.07. The summed E-state index contributed by atoms with van der Waals surface area (Å²) in [4.78, 5) is 40.2. The molecule has 0 aliphatic heterocycles. The van der Waals surface area contributed by atoms with E-state index >= 15 is 0 Å². The van der Waals surface area contributed by atoms with Crippen molar-refractivity contribution in [1.82, 2.24) is 20.1 Å². The van der Waals surface area contributed by atoms with Gasteiger partial charge in [0.1, 0.15) is 0 Å². The van der Waals surface area contributed by atoms with E-state index in [1.165, 1.54) is 6.08 Å². The molecule has 0 unspecified atom stereocenters. The number of carbonyl (C=O) groups is 3. The van der Waals surface area contributed by atoms with Crippen molar-refractivity contribution in [1.29, 1.82) is 0 Å². The largest absolute Gasteiger partial charge is 0.368 e. The number of rotatable bonds is 6. The molecule has 0 fully saturated rings. The molecule has 0 saturated carbocycles. The summed E-state index contributed by atoms with van der Waals surface area (Å²) >= 11 is 0. The van der Waals surface area contributed by atoms with Crippen LogP contribution in [-0.4, -0.2) is 39.7 Å². The second-order valence-corrected chi connectivity index (χ2v) is 7.35. The van der Waals surface area contributed by atoms with Crippen molar-refractivity contribution in [3.8, 4) is 0 Å². The zero-order valence-corrected chi connectivity index (χ0v) is 18.7. The third-order valence-electron chi connectivity index (χ3n) is 5.03. The van der Waals surface area contributed by atoms with Crippen molar-refractivity contribution in [2.24, 2.45) is 0 Å². The van der Waals surface area contributed by atoms with E-state index in [2.05, 4.69) is 37.9 Å². The Labute approximate surface area is 200 Å². The molecule has 0 bridgehead atoms. The van der Waals surface area contributed by atoms with Crippen LogP contribution in [0.1, 0.15) is 10.4 Å². The average molecular weight is 470 g/mol. The average Bonchev–Trinajstić information content (AvgIpc) is 3.23. The molecule has 11 heteroatoms. The smallest absolute Gasteiger partial charge is 0.349 e. The summed E-state index contributed by atoms with van der Waals surface area (Å²) in [6.45, 7) is 3.46. The van der Waals surface area contributed by atoms with Gasteiger partial charge in [0.25, 0.3) is 5.91 Å². The number of nitrogen functional groups attached to an aromatic ring is 1. The summed E-state index contributed by atoms with van der Waals surface area (Å²) in [5, 5.41) is 16.7. The molecule has 4 aromatic rings. The number of fused-ring (bicyclic) bond motifs is 1. The lowest BCUT2D eigenvalue weighted by atomic mass is 10.1. The number of aromatic nitrogens is 3. The Hall–Kier alpha value is -5.19. The first-order chi connectivity index (χ1) is 16.9. The number of carbonyl (C=O) groups excluding carboxylic acids is 3. The van der Waals surface area contributed by atoms with E-state index in [1.54, 1.807) is 61.6 Å². The molecule has 4 rings (SSSR count). The molecule has 3 amide bonds.